The van der Waals surface area contributed by atoms with Crippen molar-refractivity contribution in [2.24, 2.45) is 0 Å². The molecule has 1 aliphatic heterocycles. The van der Waals surface area contributed by atoms with Crippen LogP contribution in [0.5, 0.6) is 11.5 Å². The summed E-state index contributed by atoms with van der Waals surface area (Å²) in [5.74, 6) is 0.283. The molecule has 1 aliphatic rings. The van der Waals surface area contributed by atoms with Crippen LogP contribution in [-0.4, -0.2) is 41.7 Å². The number of benzene rings is 2. The van der Waals surface area contributed by atoms with Gasteiger partial charge in [-0.2, -0.15) is 0 Å². The van der Waals surface area contributed by atoms with Crippen molar-refractivity contribution in [3.63, 3.8) is 0 Å². The average molecular weight is 469 g/mol. The third-order valence-corrected chi connectivity index (χ3v) is 5.77. The second-order valence-electron chi connectivity index (χ2n) is 7.62. The molecule has 1 saturated heterocycles. The van der Waals surface area contributed by atoms with Crippen molar-refractivity contribution in [1.29, 1.82) is 0 Å². The highest BCUT2D eigenvalue weighted by molar-refractivity contribution is 8.18. The molecule has 174 valence electrons. The molecule has 0 atom stereocenters. The van der Waals surface area contributed by atoms with Gasteiger partial charge in [0.05, 0.1) is 18.1 Å². The first-order valence-corrected chi connectivity index (χ1v) is 11.7. The SMILES string of the molecule is CCCOc1ccc(/C=C2\SC(=O)N(CC(=O)Nc3ccc(C)cc3C)C2=O)cc1OCC. The number of nitrogens with one attached hydrogen (secondary N) is 1. The molecule has 33 heavy (non-hydrogen) atoms. The molecule has 0 saturated carbocycles. The molecule has 1 N–H and O–H groups in total. The first-order valence-electron chi connectivity index (χ1n) is 10.8. The van der Waals surface area contributed by atoms with Gasteiger partial charge < -0.3 is 14.8 Å². The van der Waals surface area contributed by atoms with E-state index >= 15 is 0 Å². The van der Waals surface area contributed by atoms with E-state index < -0.39 is 17.1 Å². The summed E-state index contributed by atoms with van der Waals surface area (Å²) in [7, 11) is 0. The van der Waals surface area contributed by atoms with Crippen molar-refractivity contribution in [2.75, 3.05) is 25.1 Å². The zero-order valence-corrected chi connectivity index (χ0v) is 20.1. The Hall–Kier alpha value is -3.26. The maximum absolute atomic E-state index is 12.8. The van der Waals surface area contributed by atoms with Crippen LogP contribution in [0.25, 0.3) is 6.08 Å². The van der Waals surface area contributed by atoms with E-state index in [4.69, 9.17) is 9.47 Å². The maximum atomic E-state index is 12.8. The molecule has 3 rings (SSSR count). The Kier molecular flexibility index (Phi) is 8.16. The van der Waals surface area contributed by atoms with E-state index in [2.05, 4.69) is 5.32 Å². The normalized spacial score (nSPS) is 14.7. The summed E-state index contributed by atoms with van der Waals surface area (Å²) < 4.78 is 11.4. The number of anilines is 1. The maximum Gasteiger partial charge on any atom is 0.294 e. The van der Waals surface area contributed by atoms with Crippen LogP contribution in [0.15, 0.2) is 41.3 Å². The van der Waals surface area contributed by atoms with Crippen molar-refractivity contribution in [3.8, 4) is 11.5 Å². The molecule has 0 aliphatic carbocycles. The van der Waals surface area contributed by atoms with Gasteiger partial charge in [0.25, 0.3) is 11.1 Å². The lowest BCUT2D eigenvalue weighted by Crippen LogP contribution is -2.36. The Morgan fingerprint density at radius 2 is 1.85 bits per heavy atom. The molecule has 1 heterocycles. The van der Waals surface area contributed by atoms with Crippen molar-refractivity contribution >= 4 is 40.6 Å². The summed E-state index contributed by atoms with van der Waals surface area (Å²) in [5.41, 5.74) is 3.35. The summed E-state index contributed by atoms with van der Waals surface area (Å²) in [4.78, 5) is 38.9. The molecule has 2 aromatic rings. The largest absolute Gasteiger partial charge is 0.490 e. The number of carbonyl (C=O) groups excluding carboxylic acids is 3. The zero-order valence-electron chi connectivity index (χ0n) is 19.3. The number of hydrogen-bond donors (Lipinski definition) is 1. The van der Waals surface area contributed by atoms with Crippen molar-refractivity contribution in [1.82, 2.24) is 4.90 Å². The first-order chi connectivity index (χ1) is 15.8. The summed E-state index contributed by atoms with van der Waals surface area (Å²) in [5, 5.41) is 2.29. The Morgan fingerprint density at radius 3 is 2.55 bits per heavy atom. The summed E-state index contributed by atoms with van der Waals surface area (Å²) in [6, 6.07) is 11.0. The van der Waals surface area contributed by atoms with Crippen LogP contribution in [0.3, 0.4) is 0 Å². The molecule has 3 amide bonds. The molecule has 2 aromatic carbocycles. The molecule has 0 unspecified atom stereocenters. The summed E-state index contributed by atoms with van der Waals surface area (Å²) in [6.07, 6.45) is 2.50. The minimum atomic E-state index is -0.495. The van der Waals surface area contributed by atoms with Crippen LogP contribution >= 0.6 is 11.8 Å². The van der Waals surface area contributed by atoms with Gasteiger partial charge in [-0.25, -0.2) is 0 Å². The molecular weight excluding hydrogens is 440 g/mol. The Morgan fingerprint density at radius 1 is 1.06 bits per heavy atom. The third-order valence-electron chi connectivity index (χ3n) is 4.86. The van der Waals surface area contributed by atoms with E-state index in [0.717, 1.165) is 34.2 Å². The lowest BCUT2D eigenvalue weighted by Gasteiger charge is -2.14. The number of thioether (sulfide) groups is 1. The molecule has 1 fully saturated rings. The molecule has 0 spiro atoms. The van der Waals surface area contributed by atoms with Crippen LogP contribution < -0.4 is 14.8 Å². The number of ether oxygens (including phenoxy) is 2. The van der Waals surface area contributed by atoms with Crippen molar-refractivity contribution < 1.29 is 23.9 Å². The van der Waals surface area contributed by atoms with Gasteiger partial charge in [0.2, 0.25) is 5.91 Å². The standard InChI is InChI=1S/C25H28N2O5S/c1-5-11-32-20-10-8-18(13-21(20)31-6-2)14-22-24(29)27(25(30)33-22)15-23(28)26-19-9-7-16(3)12-17(19)4/h7-10,12-14H,5-6,11,15H2,1-4H3,(H,26,28)/b22-14-. The van der Waals surface area contributed by atoms with E-state index in [0.29, 0.717) is 36.0 Å². The highest BCUT2D eigenvalue weighted by Crippen LogP contribution is 2.34. The van der Waals surface area contributed by atoms with E-state index in [1.165, 1.54) is 0 Å². The molecule has 0 aromatic heterocycles. The molecule has 0 radical (unpaired) electrons. The fourth-order valence-corrected chi connectivity index (χ4v) is 4.13. The van der Waals surface area contributed by atoms with Crippen LogP contribution in [-0.2, 0) is 9.59 Å². The molecule has 8 heteroatoms. The second-order valence-corrected chi connectivity index (χ2v) is 8.62. The van der Waals surface area contributed by atoms with Gasteiger partial charge in [0, 0.05) is 5.69 Å². The van der Waals surface area contributed by atoms with Crippen LogP contribution in [0.2, 0.25) is 0 Å². The van der Waals surface area contributed by atoms with Gasteiger partial charge in [0.15, 0.2) is 11.5 Å². The highest BCUT2D eigenvalue weighted by atomic mass is 32.2. The number of carbonyl (C=O) groups is 3. The molecule has 7 nitrogen and oxygen atoms in total. The van der Waals surface area contributed by atoms with Crippen LogP contribution in [0.4, 0.5) is 10.5 Å². The fourth-order valence-electron chi connectivity index (χ4n) is 3.29. The lowest BCUT2D eigenvalue weighted by molar-refractivity contribution is -0.127. The third kappa shape index (κ3) is 6.16. The first kappa shape index (κ1) is 24.4. The number of nitrogens with zero attached hydrogens (tertiary/aromatic N) is 1. The number of aryl methyl sites for hydroxylation is 2. The Labute approximate surface area is 198 Å². The topological polar surface area (TPSA) is 84.9 Å². The van der Waals surface area contributed by atoms with E-state index in [1.807, 2.05) is 39.8 Å². The second kappa shape index (κ2) is 11.0. The van der Waals surface area contributed by atoms with Crippen LogP contribution in [0.1, 0.15) is 37.0 Å². The van der Waals surface area contributed by atoms with E-state index in [1.54, 1.807) is 30.3 Å². The number of imide groups is 1. The summed E-state index contributed by atoms with van der Waals surface area (Å²) in [6.45, 7) is 8.45. The van der Waals surface area contributed by atoms with Crippen molar-refractivity contribution in [3.05, 3.63) is 58.0 Å². The zero-order chi connectivity index (χ0) is 24.0. The van der Waals surface area contributed by atoms with E-state index in [9.17, 15) is 14.4 Å². The molecule has 0 bridgehead atoms. The lowest BCUT2D eigenvalue weighted by atomic mass is 10.1. The van der Waals surface area contributed by atoms with Crippen LogP contribution in [0, 0.1) is 13.8 Å². The van der Waals surface area contributed by atoms with E-state index in [-0.39, 0.29) is 11.4 Å². The number of rotatable bonds is 9. The quantitative estimate of drug-likeness (QED) is 0.512. The minimum absolute atomic E-state index is 0.254. The van der Waals surface area contributed by atoms with Gasteiger partial charge >= 0.3 is 0 Å². The van der Waals surface area contributed by atoms with Gasteiger partial charge in [-0.3, -0.25) is 19.3 Å². The van der Waals surface area contributed by atoms with Crippen molar-refractivity contribution in [2.45, 2.75) is 34.1 Å². The Bertz CT molecular complexity index is 1100. The fraction of sp³-hybridized carbons (Fsp3) is 0.320. The summed E-state index contributed by atoms with van der Waals surface area (Å²) >= 11 is 0.814. The predicted molar refractivity (Wildman–Crippen MR) is 131 cm³/mol. The smallest absolute Gasteiger partial charge is 0.294 e. The highest BCUT2D eigenvalue weighted by Gasteiger charge is 2.36. The van der Waals surface area contributed by atoms with Gasteiger partial charge in [-0.05, 0) is 74.4 Å². The van der Waals surface area contributed by atoms with Gasteiger partial charge in [-0.15, -0.1) is 0 Å². The van der Waals surface area contributed by atoms with Gasteiger partial charge in [-0.1, -0.05) is 30.7 Å². The monoisotopic (exact) mass is 468 g/mol. The Balaban J connectivity index is 1.72. The molecular formula is C25H28N2O5S. The minimum Gasteiger partial charge on any atom is -0.490 e. The van der Waals surface area contributed by atoms with Gasteiger partial charge in [0.1, 0.15) is 6.54 Å². The number of hydrogen-bond acceptors (Lipinski definition) is 6. The number of amides is 3. The average Bonchev–Trinajstić information content (AvgIpc) is 3.02. The predicted octanol–water partition coefficient (Wildman–Crippen LogP) is 5.17.